The number of rotatable bonds is 2. The molecule has 1 heterocycles. The highest BCUT2D eigenvalue weighted by Gasteiger charge is 2.07. The summed E-state index contributed by atoms with van der Waals surface area (Å²) >= 11 is 0. The SMILES string of the molecule is Cc1cccc(C)c1Cn1c(=O)ccn(C)c1=O. The topological polar surface area (TPSA) is 44.0 Å². The number of aromatic nitrogens is 2. The van der Waals surface area contributed by atoms with E-state index in [0.717, 1.165) is 16.7 Å². The molecule has 0 unspecified atom stereocenters. The summed E-state index contributed by atoms with van der Waals surface area (Å²) in [6.07, 6.45) is 1.49. The molecule has 0 amide bonds. The Labute approximate surface area is 105 Å². The average molecular weight is 244 g/mol. The molecule has 1 aromatic heterocycles. The summed E-state index contributed by atoms with van der Waals surface area (Å²) in [5.41, 5.74) is 2.66. The van der Waals surface area contributed by atoms with Gasteiger partial charge in [-0.2, -0.15) is 0 Å². The third kappa shape index (κ3) is 2.14. The molecule has 2 aromatic rings. The molecule has 4 heteroatoms. The molecular formula is C14H16N2O2. The lowest BCUT2D eigenvalue weighted by atomic mass is 10.0. The van der Waals surface area contributed by atoms with Gasteiger partial charge in [0.15, 0.2) is 0 Å². The van der Waals surface area contributed by atoms with Crippen molar-refractivity contribution in [1.29, 1.82) is 0 Å². The molecule has 4 nitrogen and oxygen atoms in total. The lowest BCUT2D eigenvalue weighted by Crippen LogP contribution is -2.38. The molecule has 0 saturated heterocycles. The van der Waals surface area contributed by atoms with Gasteiger partial charge in [-0.1, -0.05) is 18.2 Å². The lowest BCUT2D eigenvalue weighted by molar-refractivity contribution is 0.636. The minimum absolute atomic E-state index is 0.263. The van der Waals surface area contributed by atoms with Crippen LogP contribution in [0.2, 0.25) is 0 Å². The van der Waals surface area contributed by atoms with Gasteiger partial charge in [0.1, 0.15) is 0 Å². The normalized spacial score (nSPS) is 10.6. The van der Waals surface area contributed by atoms with Gasteiger partial charge in [-0.3, -0.25) is 9.36 Å². The minimum Gasteiger partial charge on any atom is -0.303 e. The molecule has 0 aliphatic carbocycles. The van der Waals surface area contributed by atoms with Crippen LogP contribution in [-0.4, -0.2) is 9.13 Å². The third-order valence-corrected chi connectivity index (χ3v) is 3.20. The van der Waals surface area contributed by atoms with Gasteiger partial charge in [0.25, 0.3) is 5.56 Å². The first-order valence-corrected chi connectivity index (χ1v) is 5.82. The maximum Gasteiger partial charge on any atom is 0.331 e. The van der Waals surface area contributed by atoms with E-state index >= 15 is 0 Å². The van der Waals surface area contributed by atoms with Crippen LogP contribution in [0.15, 0.2) is 40.1 Å². The van der Waals surface area contributed by atoms with E-state index in [1.54, 1.807) is 7.05 Å². The average Bonchev–Trinajstić information content (AvgIpc) is 2.33. The van der Waals surface area contributed by atoms with Crippen molar-refractivity contribution in [2.24, 2.45) is 7.05 Å². The van der Waals surface area contributed by atoms with Crippen LogP contribution in [0.25, 0.3) is 0 Å². The summed E-state index contributed by atoms with van der Waals surface area (Å²) in [5.74, 6) is 0. The molecule has 0 N–H and O–H groups in total. The molecule has 0 aliphatic rings. The molecular weight excluding hydrogens is 228 g/mol. The summed E-state index contributed by atoms with van der Waals surface area (Å²) in [5, 5.41) is 0. The first-order valence-electron chi connectivity index (χ1n) is 5.82. The van der Waals surface area contributed by atoms with Gasteiger partial charge in [0.2, 0.25) is 0 Å². The van der Waals surface area contributed by atoms with E-state index in [1.165, 1.54) is 21.4 Å². The first kappa shape index (κ1) is 12.4. The summed E-state index contributed by atoms with van der Waals surface area (Å²) in [4.78, 5) is 23.7. The molecule has 0 aliphatic heterocycles. The van der Waals surface area contributed by atoms with Crippen LogP contribution < -0.4 is 11.2 Å². The van der Waals surface area contributed by atoms with Gasteiger partial charge in [-0.15, -0.1) is 0 Å². The fraction of sp³-hybridized carbons (Fsp3) is 0.286. The maximum atomic E-state index is 11.9. The van der Waals surface area contributed by atoms with Gasteiger partial charge in [0.05, 0.1) is 6.54 Å². The van der Waals surface area contributed by atoms with E-state index in [1.807, 2.05) is 32.0 Å². The van der Waals surface area contributed by atoms with Crippen LogP contribution in [0.1, 0.15) is 16.7 Å². The number of hydrogen-bond acceptors (Lipinski definition) is 2. The van der Waals surface area contributed by atoms with Gasteiger partial charge < -0.3 is 4.57 Å². The Bertz CT molecular complexity index is 675. The van der Waals surface area contributed by atoms with E-state index in [4.69, 9.17) is 0 Å². The van der Waals surface area contributed by atoms with Crippen molar-refractivity contribution >= 4 is 0 Å². The van der Waals surface area contributed by atoms with Crippen molar-refractivity contribution in [1.82, 2.24) is 9.13 Å². The molecule has 0 bridgehead atoms. The number of hydrogen-bond donors (Lipinski definition) is 0. The lowest BCUT2D eigenvalue weighted by Gasteiger charge is -2.11. The first-order chi connectivity index (χ1) is 8.50. The van der Waals surface area contributed by atoms with E-state index in [2.05, 4.69) is 0 Å². The van der Waals surface area contributed by atoms with Crippen LogP contribution in [0.5, 0.6) is 0 Å². The maximum absolute atomic E-state index is 11.9. The Morgan fingerprint density at radius 2 is 1.67 bits per heavy atom. The summed E-state index contributed by atoms with van der Waals surface area (Å²) in [7, 11) is 1.64. The molecule has 0 atom stereocenters. The van der Waals surface area contributed by atoms with Crippen LogP contribution in [0.3, 0.4) is 0 Å². The van der Waals surface area contributed by atoms with Crippen LogP contribution in [0, 0.1) is 13.8 Å². The van der Waals surface area contributed by atoms with Gasteiger partial charge in [-0.05, 0) is 30.5 Å². The number of nitrogens with zero attached hydrogens (tertiary/aromatic N) is 2. The van der Waals surface area contributed by atoms with Crippen molar-refractivity contribution in [3.63, 3.8) is 0 Å². The molecule has 18 heavy (non-hydrogen) atoms. The molecule has 2 rings (SSSR count). The van der Waals surface area contributed by atoms with Gasteiger partial charge in [-0.25, -0.2) is 4.79 Å². The molecule has 1 aromatic carbocycles. The van der Waals surface area contributed by atoms with Crippen molar-refractivity contribution in [3.8, 4) is 0 Å². The van der Waals surface area contributed by atoms with Gasteiger partial charge >= 0.3 is 5.69 Å². The van der Waals surface area contributed by atoms with Crippen molar-refractivity contribution in [2.75, 3.05) is 0 Å². The molecule has 0 saturated carbocycles. The Kier molecular flexibility index (Phi) is 3.19. The zero-order chi connectivity index (χ0) is 13.3. The monoisotopic (exact) mass is 244 g/mol. The zero-order valence-electron chi connectivity index (χ0n) is 10.8. The number of benzene rings is 1. The van der Waals surface area contributed by atoms with Crippen LogP contribution in [0.4, 0.5) is 0 Å². The summed E-state index contributed by atoms with van der Waals surface area (Å²) in [6.45, 7) is 4.30. The molecule has 0 fully saturated rings. The number of aryl methyl sites for hydroxylation is 3. The second kappa shape index (κ2) is 4.64. The molecule has 94 valence electrons. The quantitative estimate of drug-likeness (QED) is 0.797. The predicted molar refractivity (Wildman–Crippen MR) is 71.0 cm³/mol. The molecule has 0 radical (unpaired) electrons. The highest BCUT2D eigenvalue weighted by Crippen LogP contribution is 2.13. The highest BCUT2D eigenvalue weighted by molar-refractivity contribution is 5.33. The van der Waals surface area contributed by atoms with E-state index in [9.17, 15) is 9.59 Å². The fourth-order valence-electron chi connectivity index (χ4n) is 2.02. The smallest absolute Gasteiger partial charge is 0.303 e. The van der Waals surface area contributed by atoms with Crippen molar-refractivity contribution in [3.05, 3.63) is 68.0 Å². The Morgan fingerprint density at radius 3 is 2.28 bits per heavy atom. The molecule has 0 spiro atoms. The second-order valence-electron chi connectivity index (χ2n) is 4.50. The van der Waals surface area contributed by atoms with Crippen LogP contribution >= 0.6 is 0 Å². The van der Waals surface area contributed by atoms with E-state index < -0.39 is 0 Å². The summed E-state index contributed by atoms with van der Waals surface area (Å²) < 4.78 is 2.67. The second-order valence-corrected chi connectivity index (χ2v) is 4.50. The van der Waals surface area contributed by atoms with Crippen LogP contribution in [-0.2, 0) is 13.6 Å². The predicted octanol–water partition coefficient (Wildman–Crippen LogP) is 1.21. The minimum atomic E-state index is -0.287. The summed E-state index contributed by atoms with van der Waals surface area (Å²) in [6, 6.07) is 7.36. The fourth-order valence-corrected chi connectivity index (χ4v) is 2.02. The zero-order valence-corrected chi connectivity index (χ0v) is 10.8. The Balaban J connectivity index is 2.57. The van der Waals surface area contributed by atoms with E-state index in [-0.39, 0.29) is 11.2 Å². The largest absolute Gasteiger partial charge is 0.331 e. The third-order valence-electron chi connectivity index (χ3n) is 3.20. The standard InChI is InChI=1S/C14H16N2O2/c1-10-5-4-6-11(2)12(10)9-16-13(17)7-8-15(3)14(16)18/h4-8H,9H2,1-3H3. The Morgan fingerprint density at radius 1 is 1.06 bits per heavy atom. The van der Waals surface area contributed by atoms with Crippen molar-refractivity contribution in [2.45, 2.75) is 20.4 Å². The van der Waals surface area contributed by atoms with Crippen molar-refractivity contribution < 1.29 is 0 Å². The van der Waals surface area contributed by atoms with E-state index in [0.29, 0.717) is 6.54 Å². The Hall–Kier alpha value is -2.10. The van der Waals surface area contributed by atoms with Gasteiger partial charge in [0, 0.05) is 19.3 Å². The highest BCUT2D eigenvalue weighted by atomic mass is 16.2.